The van der Waals surface area contributed by atoms with Crippen LogP contribution in [-0.4, -0.2) is 53.3 Å². The first kappa shape index (κ1) is 16.3. The fraction of sp³-hybridized carbons (Fsp3) is 0.769. The average Bonchev–Trinajstić information content (AvgIpc) is 2.34. The maximum absolute atomic E-state index is 12.1. The van der Waals surface area contributed by atoms with E-state index in [0.29, 0.717) is 12.8 Å². The highest BCUT2D eigenvalue weighted by Gasteiger charge is 2.45. The number of ether oxygens (including phenoxy) is 2. The lowest BCUT2D eigenvalue weighted by molar-refractivity contribution is -0.159. The van der Waals surface area contributed by atoms with Crippen molar-refractivity contribution in [2.75, 3.05) is 13.7 Å². The van der Waals surface area contributed by atoms with Crippen LogP contribution < -0.4 is 0 Å². The molecule has 0 bridgehead atoms. The van der Waals surface area contributed by atoms with Gasteiger partial charge in [-0.2, -0.15) is 0 Å². The SMILES string of the molecule is COC(=O)[C@H]1[C@@H](C(=O)O)CCCN1C(=O)OC(C)(C)C. The molecule has 2 atom stereocenters. The molecule has 7 heteroatoms. The lowest BCUT2D eigenvalue weighted by atomic mass is 9.89. The van der Waals surface area contributed by atoms with Crippen LogP contribution in [0.1, 0.15) is 33.6 Å². The van der Waals surface area contributed by atoms with Crippen LogP contribution in [0.3, 0.4) is 0 Å². The van der Waals surface area contributed by atoms with Crippen LogP contribution in [-0.2, 0) is 19.1 Å². The van der Waals surface area contributed by atoms with E-state index in [4.69, 9.17) is 4.74 Å². The van der Waals surface area contributed by atoms with Crippen molar-refractivity contribution in [3.8, 4) is 0 Å². The Bertz CT molecular complexity index is 400. The van der Waals surface area contributed by atoms with E-state index in [2.05, 4.69) is 4.74 Å². The number of methoxy groups -OCH3 is 1. The third kappa shape index (κ3) is 3.85. The molecule has 1 aliphatic heterocycles. The Morgan fingerprint density at radius 1 is 1.25 bits per heavy atom. The van der Waals surface area contributed by atoms with Gasteiger partial charge in [-0.1, -0.05) is 0 Å². The summed E-state index contributed by atoms with van der Waals surface area (Å²) in [6, 6.07) is -1.14. The number of piperidine rings is 1. The number of carbonyl (C=O) groups excluding carboxylic acids is 2. The fourth-order valence-corrected chi connectivity index (χ4v) is 2.19. The van der Waals surface area contributed by atoms with Gasteiger partial charge in [0, 0.05) is 6.54 Å². The molecule has 1 aliphatic rings. The first-order valence-electron chi connectivity index (χ1n) is 6.47. The molecular formula is C13H21NO6. The predicted octanol–water partition coefficient (Wildman–Crippen LogP) is 1.26. The molecule has 0 unspecified atom stereocenters. The molecule has 7 nitrogen and oxygen atoms in total. The van der Waals surface area contributed by atoms with Gasteiger partial charge in [-0.3, -0.25) is 9.69 Å². The Hall–Kier alpha value is -1.79. The number of likely N-dealkylation sites (tertiary alicyclic amines) is 1. The van der Waals surface area contributed by atoms with Crippen molar-refractivity contribution in [1.29, 1.82) is 0 Å². The van der Waals surface area contributed by atoms with E-state index in [1.54, 1.807) is 20.8 Å². The molecule has 1 fully saturated rings. The number of rotatable bonds is 2. The summed E-state index contributed by atoms with van der Waals surface area (Å²) in [6.07, 6.45) is 0.136. The first-order chi connectivity index (χ1) is 9.17. The second-order valence-electron chi connectivity index (χ2n) is 5.73. The zero-order chi connectivity index (χ0) is 15.5. The Balaban J connectivity index is 2.99. The molecule has 114 valence electrons. The molecule has 1 N–H and O–H groups in total. The third-order valence-corrected chi connectivity index (χ3v) is 3.02. The standard InChI is InChI=1S/C13H21NO6/c1-13(2,3)20-12(18)14-7-5-6-8(10(15)16)9(14)11(17)19-4/h8-9H,5-7H2,1-4H3,(H,15,16)/t8-,9+/m0/s1. The third-order valence-electron chi connectivity index (χ3n) is 3.02. The summed E-state index contributed by atoms with van der Waals surface area (Å²) in [7, 11) is 1.17. The fourth-order valence-electron chi connectivity index (χ4n) is 2.19. The highest BCUT2D eigenvalue weighted by atomic mass is 16.6. The van der Waals surface area contributed by atoms with Gasteiger partial charge in [0.2, 0.25) is 0 Å². The molecule has 0 spiro atoms. The minimum atomic E-state index is -1.14. The van der Waals surface area contributed by atoms with Crippen LogP contribution in [0.2, 0.25) is 0 Å². The summed E-state index contributed by atoms with van der Waals surface area (Å²) in [5.74, 6) is -2.82. The number of carbonyl (C=O) groups is 3. The zero-order valence-corrected chi connectivity index (χ0v) is 12.2. The number of amides is 1. The lowest BCUT2D eigenvalue weighted by Gasteiger charge is -2.38. The smallest absolute Gasteiger partial charge is 0.411 e. The van der Waals surface area contributed by atoms with Crippen LogP contribution in [0.4, 0.5) is 4.79 Å². The predicted molar refractivity (Wildman–Crippen MR) is 69.1 cm³/mol. The van der Waals surface area contributed by atoms with E-state index < -0.39 is 35.6 Å². The van der Waals surface area contributed by atoms with Crippen molar-refractivity contribution in [3.63, 3.8) is 0 Å². The molecule has 20 heavy (non-hydrogen) atoms. The summed E-state index contributed by atoms with van der Waals surface area (Å²) in [5, 5.41) is 9.20. The molecule has 1 heterocycles. The molecule has 1 rings (SSSR count). The number of hydrogen-bond acceptors (Lipinski definition) is 5. The second kappa shape index (κ2) is 6.11. The van der Waals surface area contributed by atoms with Crippen LogP contribution in [0.15, 0.2) is 0 Å². The van der Waals surface area contributed by atoms with Gasteiger partial charge in [0.05, 0.1) is 13.0 Å². The average molecular weight is 287 g/mol. The van der Waals surface area contributed by atoms with Crippen molar-refractivity contribution < 1.29 is 29.0 Å². The van der Waals surface area contributed by atoms with Gasteiger partial charge in [0.1, 0.15) is 11.6 Å². The Kier molecular flexibility index (Phi) is 4.97. The van der Waals surface area contributed by atoms with E-state index in [0.717, 1.165) is 4.90 Å². The maximum atomic E-state index is 12.1. The van der Waals surface area contributed by atoms with E-state index in [9.17, 15) is 19.5 Å². The number of nitrogens with zero attached hydrogens (tertiary/aromatic N) is 1. The van der Waals surface area contributed by atoms with E-state index in [1.807, 2.05) is 0 Å². The van der Waals surface area contributed by atoms with E-state index >= 15 is 0 Å². The molecule has 0 aromatic carbocycles. The van der Waals surface area contributed by atoms with Crippen molar-refractivity contribution in [3.05, 3.63) is 0 Å². The van der Waals surface area contributed by atoms with Gasteiger partial charge in [-0.15, -0.1) is 0 Å². The Morgan fingerprint density at radius 3 is 2.30 bits per heavy atom. The van der Waals surface area contributed by atoms with E-state index in [1.165, 1.54) is 7.11 Å². The normalized spacial score (nSPS) is 23.1. The maximum Gasteiger partial charge on any atom is 0.411 e. The van der Waals surface area contributed by atoms with Crippen molar-refractivity contribution >= 4 is 18.0 Å². The first-order valence-corrected chi connectivity index (χ1v) is 6.47. The number of carboxylic acids is 1. The monoisotopic (exact) mass is 287 g/mol. The molecule has 0 saturated carbocycles. The van der Waals surface area contributed by atoms with Gasteiger partial charge in [-0.25, -0.2) is 9.59 Å². The Labute approximate surface area is 117 Å². The second-order valence-corrected chi connectivity index (χ2v) is 5.73. The summed E-state index contributed by atoms with van der Waals surface area (Å²) in [6.45, 7) is 5.39. The van der Waals surface area contributed by atoms with Crippen molar-refractivity contribution in [2.24, 2.45) is 5.92 Å². The van der Waals surface area contributed by atoms with Gasteiger partial charge in [0.25, 0.3) is 0 Å². The van der Waals surface area contributed by atoms with Crippen molar-refractivity contribution in [2.45, 2.75) is 45.3 Å². The molecule has 0 aromatic heterocycles. The molecule has 0 radical (unpaired) electrons. The summed E-state index contributed by atoms with van der Waals surface area (Å²) >= 11 is 0. The van der Waals surface area contributed by atoms with Gasteiger partial charge < -0.3 is 14.6 Å². The van der Waals surface area contributed by atoms with Crippen LogP contribution >= 0.6 is 0 Å². The minimum absolute atomic E-state index is 0.276. The summed E-state index contributed by atoms with van der Waals surface area (Å²) < 4.78 is 9.85. The number of hydrogen-bond donors (Lipinski definition) is 1. The molecule has 0 aliphatic carbocycles. The summed E-state index contributed by atoms with van der Waals surface area (Å²) in [5.41, 5.74) is -0.714. The van der Waals surface area contributed by atoms with Crippen LogP contribution in [0.25, 0.3) is 0 Å². The number of esters is 1. The van der Waals surface area contributed by atoms with Crippen LogP contribution in [0.5, 0.6) is 0 Å². The Morgan fingerprint density at radius 2 is 1.85 bits per heavy atom. The zero-order valence-electron chi connectivity index (χ0n) is 12.2. The van der Waals surface area contributed by atoms with Gasteiger partial charge >= 0.3 is 18.0 Å². The largest absolute Gasteiger partial charge is 0.481 e. The number of aliphatic carboxylic acids is 1. The molecule has 1 saturated heterocycles. The van der Waals surface area contributed by atoms with Crippen LogP contribution in [0, 0.1) is 5.92 Å². The van der Waals surface area contributed by atoms with Gasteiger partial charge in [0.15, 0.2) is 0 Å². The minimum Gasteiger partial charge on any atom is -0.481 e. The lowest BCUT2D eigenvalue weighted by Crippen LogP contribution is -2.56. The highest BCUT2D eigenvalue weighted by Crippen LogP contribution is 2.26. The quantitative estimate of drug-likeness (QED) is 0.768. The molecule has 0 aromatic rings. The van der Waals surface area contributed by atoms with Crippen molar-refractivity contribution in [1.82, 2.24) is 4.90 Å². The topological polar surface area (TPSA) is 93.1 Å². The molecular weight excluding hydrogens is 266 g/mol. The number of carboxylic acid groups (broad SMARTS) is 1. The summed E-state index contributed by atoms with van der Waals surface area (Å²) in [4.78, 5) is 36.3. The highest BCUT2D eigenvalue weighted by molar-refractivity contribution is 5.87. The molecule has 1 amide bonds. The van der Waals surface area contributed by atoms with Gasteiger partial charge in [-0.05, 0) is 33.6 Å². The van der Waals surface area contributed by atoms with E-state index in [-0.39, 0.29) is 6.54 Å².